The fourth-order valence-corrected chi connectivity index (χ4v) is 3.03. The highest BCUT2D eigenvalue weighted by atomic mass is 16.4. The predicted octanol–water partition coefficient (Wildman–Crippen LogP) is 3.40. The number of carbonyl (C=O) groups is 1. The van der Waals surface area contributed by atoms with Crippen LogP contribution in [0, 0.1) is 6.92 Å². The number of nitrogens with zero attached hydrogens (tertiary/aromatic N) is 1. The van der Waals surface area contributed by atoms with Crippen LogP contribution in [0.25, 0.3) is 11.0 Å². The molecule has 0 radical (unpaired) electrons. The van der Waals surface area contributed by atoms with Gasteiger partial charge < -0.3 is 8.83 Å². The molecule has 1 N–H and O–H groups in total. The number of anilines is 1. The smallest absolute Gasteiger partial charge is 0.301 e. The Morgan fingerprint density at radius 2 is 2.14 bits per heavy atom. The van der Waals surface area contributed by atoms with Crippen molar-refractivity contribution in [3.05, 3.63) is 47.0 Å². The van der Waals surface area contributed by atoms with Crippen molar-refractivity contribution in [2.75, 3.05) is 5.32 Å². The molecule has 0 saturated heterocycles. The van der Waals surface area contributed by atoms with Gasteiger partial charge in [-0.05, 0) is 49.4 Å². The van der Waals surface area contributed by atoms with Gasteiger partial charge in [-0.3, -0.25) is 10.1 Å². The molecule has 0 aliphatic heterocycles. The van der Waals surface area contributed by atoms with Gasteiger partial charge >= 0.3 is 6.01 Å². The number of oxazole rings is 1. The number of nitrogens with one attached hydrogen (secondary N) is 1. The van der Waals surface area contributed by atoms with Gasteiger partial charge in [-0.25, -0.2) is 4.98 Å². The second kappa shape index (κ2) is 5.02. The minimum absolute atomic E-state index is 0.162. The number of benzene rings is 1. The monoisotopic (exact) mass is 296 g/mol. The summed E-state index contributed by atoms with van der Waals surface area (Å²) in [6.45, 7) is 1.78. The molecule has 4 rings (SSSR count). The van der Waals surface area contributed by atoms with Gasteiger partial charge in [-0.1, -0.05) is 0 Å². The SMILES string of the molecule is Cc1cnc(NC(=O)Cc2coc3cc4c(cc23)CCC4)o1. The van der Waals surface area contributed by atoms with Crippen LogP contribution >= 0.6 is 0 Å². The van der Waals surface area contributed by atoms with Crippen LogP contribution in [0.2, 0.25) is 0 Å². The van der Waals surface area contributed by atoms with E-state index in [1.54, 1.807) is 19.4 Å². The molecule has 0 fully saturated rings. The Balaban J connectivity index is 1.57. The predicted molar refractivity (Wildman–Crippen MR) is 81.8 cm³/mol. The van der Waals surface area contributed by atoms with E-state index < -0.39 is 0 Å². The maximum atomic E-state index is 12.1. The first-order valence-corrected chi connectivity index (χ1v) is 7.43. The third-order valence-electron chi connectivity index (χ3n) is 4.09. The molecule has 3 aromatic rings. The molecule has 1 aliphatic rings. The molecule has 1 aliphatic carbocycles. The Labute approximate surface area is 127 Å². The summed E-state index contributed by atoms with van der Waals surface area (Å²) in [6, 6.07) is 4.51. The lowest BCUT2D eigenvalue weighted by Crippen LogP contribution is -2.14. The number of amides is 1. The molecule has 1 amide bonds. The molecular weight excluding hydrogens is 280 g/mol. The summed E-state index contributed by atoms with van der Waals surface area (Å²) in [5.74, 6) is 0.504. The second-order valence-corrected chi connectivity index (χ2v) is 5.73. The van der Waals surface area contributed by atoms with E-state index in [4.69, 9.17) is 8.83 Å². The van der Waals surface area contributed by atoms with Gasteiger partial charge in [0.25, 0.3) is 0 Å². The first kappa shape index (κ1) is 13.1. The average Bonchev–Trinajstić information content (AvgIpc) is 3.18. The standard InChI is InChI=1S/C17H16N2O3/c1-10-8-18-17(22-10)19-16(20)7-13-9-21-15-6-12-4-2-3-11(12)5-14(13)15/h5-6,8-9H,2-4,7H2,1H3,(H,18,19,20). The van der Waals surface area contributed by atoms with E-state index in [2.05, 4.69) is 22.4 Å². The van der Waals surface area contributed by atoms with Crippen molar-refractivity contribution in [2.24, 2.45) is 0 Å². The number of aromatic nitrogens is 1. The van der Waals surface area contributed by atoms with Gasteiger partial charge in [0.2, 0.25) is 5.91 Å². The van der Waals surface area contributed by atoms with Crippen LogP contribution in [0.5, 0.6) is 0 Å². The molecule has 0 unspecified atom stereocenters. The van der Waals surface area contributed by atoms with Crippen LogP contribution in [-0.4, -0.2) is 10.9 Å². The zero-order valence-electron chi connectivity index (χ0n) is 12.3. The first-order valence-electron chi connectivity index (χ1n) is 7.43. The normalized spacial score (nSPS) is 13.5. The Hall–Kier alpha value is -2.56. The van der Waals surface area contributed by atoms with Crippen molar-refractivity contribution < 1.29 is 13.6 Å². The third-order valence-corrected chi connectivity index (χ3v) is 4.09. The summed E-state index contributed by atoms with van der Waals surface area (Å²) in [7, 11) is 0. The van der Waals surface area contributed by atoms with Gasteiger partial charge in [-0.2, -0.15) is 0 Å². The Kier molecular flexibility index (Phi) is 2.99. The topological polar surface area (TPSA) is 68.3 Å². The van der Waals surface area contributed by atoms with Crippen LogP contribution in [0.1, 0.15) is 28.9 Å². The second-order valence-electron chi connectivity index (χ2n) is 5.73. The van der Waals surface area contributed by atoms with Gasteiger partial charge in [-0.15, -0.1) is 0 Å². The number of fused-ring (bicyclic) bond motifs is 2. The Morgan fingerprint density at radius 1 is 1.32 bits per heavy atom. The minimum Gasteiger partial charge on any atom is -0.464 e. The fraction of sp³-hybridized carbons (Fsp3) is 0.294. The zero-order valence-corrected chi connectivity index (χ0v) is 12.3. The molecule has 2 heterocycles. The Morgan fingerprint density at radius 3 is 2.91 bits per heavy atom. The molecule has 0 bridgehead atoms. The molecule has 22 heavy (non-hydrogen) atoms. The molecule has 112 valence electrons. The van der Waals surface area contributed by atoms with Crippen molar-refractivity contribution in [1.82, 2.24) is 4.98 Å². The van der Waals surface area contributed by atoms with Crippen molar-refractivity contribution in [3.63, 3.8) is 0 Å². The van der Waals surface area contributed by atoms with Crippen LogP contribution in [0.3, 0.4) is 0 Å². The van der Waals surface area contributed by atoms with Crippen LogP contribution in [0.15, 0.2) is 33.4 Å². The van der Waals surface area contributed by atoms with E-state index in [9.17, 15) is 4.79 Å². The summed E-state index contributed by atoms with van der Waals surface area (Å²) in [5, 5.41) is 3.69. The third kappa shape index (κ3) is 2.28. The maximum Gasteiger partial charge on any atom is 0.301 e. The van der Waals surface area contributed by atoms with Crippen molar-refractivity contribution in [3.8, 4) is 0 Å². The maximum absolute atomic E-state index is 12.1. The fourth-order valence-electron chi connectivity index (χ4n) is 3.03. The van der Waals surface area contributed by atoms with E-state index in [0.717, 1.165) is 29.4 Å². The van der Waals surface area contributed by atoms with Gasteiger partial charge in [0.15, 0.2) is 0 Å². The highest BCUT2D eigenvalue weighted by molar-refractivity contribution is 5.94. The average molecular weight is 296 g/mol. The van der Waals surface area contributed by atoms with E-state index in [0.29, 0.717) is 5.76 Å². The molecular formula is C17H16N2O3. The van der Waals surface area contributed by atoms with E-state index >= 15 is 0 Å². The van der Waals surface area contributed by atoms with Crippen LogP contribution in [-0.2, 0) is 24.1 Å². The van der Waals surface area contributed by atoms with E-state index in [1.165, 1.54) is 17.5 Å². The number of carbonyl (C=O) groups excluding carboxylic acids is 1. The highest BCUT2D eigenvalue weighted by Gasteiger charge is 2.17. The van der Waals surface area contributed by atoms with Crippen LogP contribution < -0.4 is 5.32 Å². The molecule has 0 spiro atoms. The molecule has 5 heteroatoms. The number of rotatable bonds is 3. The Bertz CT molecular complexity index is 860. The quantitative estimate of drug-likeness (QED) is 0.804. The van der Waals surface area contributed by atoms with Gasteiger partial charge in [0.05, 0.1) is 18.9 Å². The first-order chi connectivity index (χ1) is 10.7. The summed E-state index contributed by atoms with van der Waals surface area (Å²) in [5.41, 5.74) is 4.49. The zero-order chi connectivity index (χ0) is 15.1. The number of hydrogen-bond acceptors (Lipinski definition) is 4. The molecule has 1 aromatic carbocycles. The summed E-state index contributed by atoms with van der Waals surface area (Å²) in [6.07, 6.45) is 6.91. The molecule has 2 aromatic heterocycles. The lowest BCUT2D eigenvalue weighted by Gasteiger charge is -2.02. The van der Waals surface area contributed by atoms with Crippen LogP contribution in [0.4, 0.5) is 6.01 Å². The van der Waals surface area contributed by atoms with Crippen molar-refractivity contribution >= 4 is 22.9 Å². The number of aryl methyl sites for hydroxylation is 3. The number of furan rings is 1. The lowest BCUT2D eigenvalue weighted by atomic mass is 10.0. The summed E-state index contributed by atoms with van der Waals surface area (Å²) >= 11 is 0. The highest BCUT2D eigenvalue weighted by Crippen LogP contribution is 2.30. The van der Waals surface area contributed by atoms with Crippen molar-refractivity contribution in [2.45, 2.75) is 32.6 Å². The summed E-state index contributed by atoms with van der Waals surface area (Å²) < 4.78 is 10.9. The van der Waals surface area contributed by atoms with Crippen molar-refractivity contribution in [1.29, 1.82) is 0 Å². The van der Waals surface area contributed by atoms with E-state index in [1.807, 2.05) is 0 Å². The molecule has 0 atom stereocenters. The lowest BCUT2D eigenvalue weighted by molar-refractivity contribution is -0.115. The molecule has 5 nitrogen and oxygen atoms in total. The van der Waals surface area contributed by atoms with E-state index in [-0.39, 0.29) is 18.3 Å². The molecule has 0 saturated carbocycles. The minimum atomic E-state index is -0.162. The number of hydrogen-bond donors (Lipinski definition) is 1. The largest absolute Gasteiger partial charge is 0.464 e. The van der Waals surface area contributed by atoms with Gasteiger partial charge in [0, 0.05) is 10.9 Å². The van der Waals surface area contributed by atoms with Gasteiger partial charge in [0.1, 0.15) is 11.3 Å². The summed E-state index contributed by atoms with van der Waals surface area (Å²) in [4.78, 5) is 16.1.